The van der Waals surface area contributed by atoms with Crippen LogP contribution >= 0.6 is 23.2 Å². The molecule has 2 rings (SSSR count). The molecule has 0 aliphatic carbocycles. The number of benzene rings is 1. The molecule has 1 fully saturated rings. The Labute approximate surface area is 132 Å². The average molecular weight is 315 g/mol. The van der Waals surface area contributed by atoms with Crippen LogP contribution in [0.4, 0.5) is 0 Å². The average Bonchev–Trinajstić information content (AvgIpc) is 2.44. The molecule has 1 aromatic carbocycles. The number of halogens is 2. The maximum atomic E-state index is 6.14. The van der Waals surface area contributed by atoms with Gasteiger partial charge in [-0.15, -0.1) is 0 Å². The zero-order valence-electron chi connectivity index (χ0n) is 12.2. The molecule has 1 aliphatic heterocycles. The van der Waals surface area contributed by atoms with Gasteiger partial charge in [0.15, 0.2) is 0 Å². The van der Waals surface area contributed by atoms with Gasteiger partial charge in [-0.05, 0) is 69.6 Å². The van der Waals surface area contributed by atoms with Crippen LogP contribution in [-0.2, 0) is 6.54 Å². The Morgan fingerprint density at radius 3 is 2.95 bits per heavy atom. The second-order valence-electron chi connectivity index (χ2n) is 5.65. The van der Waals surface area contributed by atoms with Gasteiger partial charge in [0.25, 0.3) is 0 Å². The SMILES string of the molecule is CC1CCCCN1CCCNCc1cc(Cl)ccc1Cl. The van der Waals surface area contributed by atoms with Gasteiger partial charge in [-0.2, -0.15) is 0 Å². The number of nitrogens with one attached hydrogen (secondary N) is 1. The first-order valence-corrected chi connectivity index (χ1v) is 8.31. The second kappa shape index (κ2) is 8.23. The van der Waals surface area contributed by atoms with Crippen LogP contribution in [-0.4, -0.2) is 30.6 Å². The van der Waals surface area contributed by atoms with E-state index >= 15 is 0 Å². The third-order valence-electron chi connectivity index (χ3n) is 4.06. The normalized spacial score (nSPS) is 20.2. The molecule has 1 N–H and O–H groups in total. The molecule has 0 amide bonds. The summed E-state index contributed by atoms with van der Waals surface area (Å²) in [6, 6.07) is 6.37. The first-order valence-electron chi connectivity index (χ1n) is 7.55. The summed E-state index contributed by atoms with van der Waals surface area (Å²) in [7, 11) is 0. The molecule has 1 aromatic rings. The van der Waals surface area contributed by atoms with Crippen molar-refractivity contribution in [2.24, 2.45) is 0 Å². The van der Waals surface area contributed by atoms with E-state index < -0.39 is 0 Å². The zero-order valence-corrected chi connectivity index (χ0v) is 13.7. The summed E-state index contributed by atoms with van der Waals surface area (Å²) in [6.07, 6.45) is 5.28. The van der Waals surface area contributed by atoms with Crippen LogP contribution in [0.5, 0.6) is 0 Å². The van der Waals surface area contributed by atoms with Gasteiger partial charge in [0, 0.05) is 22.6 Å². The van der Waals surface area contributed by atoms with Gasteiger partial charge in [-0.25, -0.2) is 0 Å². The van der Waals surface area contributed by atoms with E-state index in [1.54, 1.807) is 0 Å². The van der Waals surface area contributed by atoms with Crippen LogP contribution in [0.25, 0.3) is 0 Å². The Morgan fingerprint density at radius 2 is 2.15 bits per heavy atom. The van der Waals surface area contributed by atoms with Crippen LogP contribution < -0.4 is 5.32 Å². The highest BCUT2D eigenvalue weighted by atomic mass is 35.5. The Hall–Kier alpha value is -0.280. The molecule has 0 saturated carbocycles. The fourth-order valence-corrected chi connectivity index (χ4v) is 3.18. The van der Waals surface area contributed by atoms with E-state index in [0.717, 1.165) is 34.7 Å². The summed E-state index contributed by atoms with van der Waals surface area (Å²) in [6.45, 7) is 6.61. The largest absolute Gasteiger partial charge is 0.313 e. The van der Waals surface area contributed by atoms with Crippen molar-refractivity contribution in [2.75, 3.05) is 19.6 Å². The Morgan fingerprint density at radius 1 is 1.30 bits per heavy atom. The predicted molar refractivity (Wildman–Crippen MR) is 87.7 cm³/mol. The van der Waals surface area contributed by atoms with Gasteiger partial charge in [0.2, 0.25) is 0 Å². The lowest BCUT2D eigenvalue weighted by Crippen LogP contribution is -2.38. The Kier molecular flexibility index (Phi) is 6.63. The maximum absolute atomic E-state index is 6.14. The number of nitrogens with zero attached hydrogens (tertiary/aromatic N) is 1. The summed E-state index contributed by atoms with van der Waals surface area (Å²) in [5.41, 5.74) is 1.07. The van der Waals surface area contributed by atoms with E-state index in [2.05, 4.69) is 17.1 Å². The highest BCUT2D eigenvalue weighted by Crippen LogP contribution is 2.20. The van der Waals surface area contributed by atoms with E-state index in [1.165, 1.54) is 38.8 Å². The molecule has 0 bridgehead atoms. The van der Waals surface area contributed by atoms with Crippen LogP contribution in [0.3, 0.4) is 0 Å². The number of hydrogen-bond acceptors (Lipinski definition) is 2. The molecule has 1 unspecified atom stereocenters. The molecule has 112 valence electrons. The first-order chi connectivity index (χ1) is 9.66. The molecule has 1 aliphatic rings. The molecule has 4 heteroatoms. The van der Waals surface area contributed by atoms with Gasteiger partial charge >= 0.3 is 0 Å². The summed E-state index contributed by atoms with van der Waals surface area (Å²) in [4.78, 5) is 2.61. The van der Waals surface area contributed by atoms with Gasteiger partial charge in [0.05, 0.1) is 0 Å². The van der Waals surface area contributed by atoms with Gasteiger partial charge in [-0.1, -0.05) is 29.6 Å². The minimum Gasteiger partial charge on any atom is -0.313 e. The monoisotopic (exact) mass is 314 g/mol. The van der Waals surface area contributed by atoms with Crippen LogP contribution in [0.1, 0.15) is 38.2 Å². The highest BCUT2D eigenvalue weighted by molar-refractivity contribution is 6.33. The molecule has 1 saturated heterocycles. The predicted octanol–water partition coefficient (Wildman–Crippen LogP) is 4.35. The van der Waals surface area contributed by atoms with Crippen molar-refractivity contribution in [3.8, 4) is 0 Å². The minimum absolute atomic E-state index is 0.744. The van der Waals surface area contributed by atoms with Gasteiger partial charge < -0.3 is 10.2 Å². The molecule has 1 atom stereocenters. The lowest BCUT2D eigenvalue weighted by molar-refractivity contribution is 0.159. The third kappa shape index (κ3) is 4.92. The molecule has 0 radical (unpaired) electrons. The van der Waals surface area contributed by atoms with Gasteiger partial charge in [-0.3, -0.25) is 0 Å². The molecule has 2 nitrogen and oxygen atoms in total. The van der Waals surface area contributed by atoms with Crippen molar-refractivity contribution in [1.82, 2.24) is 10.2 Å². The zero-order chi connectivity index (χ0) is 14.4. The van der Waals surface area contributed by atoms with Crippen LogP contribution in [0.15, 0.2) is 18.2 Å². The molecule has 1 heterocycles. The fourth-order valence-electron chi connectivity index (χ4n) is 2.80. The van der Waals surface area contributed by atoms with Crippen molar-refractivity contribution in [3.05, 3.63) is 33.8 Å². The Balaban J connectivity index is 1.65. The summed E-state index contributed by atoms with van der Waals surface area (Å²) in [5, 5.41) is 4.98. The molecular weight excluding hydrogens is 291 g/mol. The molecule has 0 spiro atoms. The molecular formula is C16H24Cl2N2. The van der Waals surface area contributed by atoms with Crippen LogP contribution in [0, 0.1) is 0 Å². The van der Waals surface area contributed by atoms with Crippen molar-refractivity contribution in [3.63, 3.8) is 0 Å². The van der Waals surface area contributed by atoms with E-state index in [-0.39, 0.29) is 0 Å². The third-order valence-corrected chi connectivity index (χ3v) is 4.67. The molecule has 20 heavy (non-hydrogen) atoms. The maximum Gasteiger partial charge on any atom is 0.0451 e. The Bertz CT molecular complexity index is 423. The lowest BCUT2D eigenvalue weighted by Gasteiger charge is -2.33. The van der Waals surface area contributed by atoms with Crippen molar-refractivity contribution in [1.29, 1.82) is 0 Å². The van der Waals surface area contributed by atoms with E-state index in [1.807, 2.05) is 18.2 Å². The van der Waals surface area contributed by atoms with Crippen molar-refractivity contribution < 1.29 is 0 Å². The van der Waals surface area contributed by atoms with Gasteiger partial charge in [0.1, 0.15) is 0 Å². The smallest absolute Gasteiger partial charge is 0.0451 e. The van der Waals surface area contributed by atoms with E-state index in [9.17, 15) is 0 Å². The lowest BCUT2D eigenvalue weighted by atomic mass is 10.0. The topological polar surface area (TPSA) is 15.3 Å². The van der Waals surface area contributed by atoms with E-state index in [4.69, 9.17) is 23.2 Å². The number of rotatable bonds is 6. The summed E-state index contributed by atoms with van der Waals surface area (Å²) >= 11 is 12.1. The highest BCUT2D eigenvalue weighted by Gasteiger charge is 2.16. The van der Waals surface area contributed by atoms with Crippen molar-refractivity contribution in [2.45, 2.75) is 45.2 Å². The standard InChI is InChI=1S/C16H24Cl2N2/c1-13-5-2-3-9-20(13)10-4-8-19-12-14-11-15(17)6-7-16(14)18/h6-7,11,13,19H,2-5,8-10,12H2,1H3. The number of piperidine rings is 1. The second-order valence-corrected chi connectivity index (χ2v) is 6.49. The number of likely N-dealkylation sites (tertiary alicyclic amines) is 1. The first kappa shape index (κ1) is 16.1. The number of hydrogen-bond donors (Lipinski definition) is 1. The van der Waals surface area contributed by atoms with Crippen LogP contribution in [0.2, 0.25) is 10.0 Å². The summed E-state index contributed by atoms with van der Waals surface area (Å²) < 4.78 is 0. The van der Waals surface area contributed by atoms with Crippen molar-refractivity contribution >= 4 is 23.2 Å². The summed E-state index contributed by atoms with van der Waals surface area (Å²) in [5.74, 6) is 0. The minimum atomic E-state index is 0.744. The molecule has 0 aromatic heterocycles. The van der Waals surface area contributed by atoms with E-state index in [0.29, 0.717) is 0 Å². The fraction of sp³-hybridized carbons (Fsp3) is 0.625. The quantitative estimate of drug-likeness (QED) is 0.785.